The lowest BCUT2D eigenvalue weighted by Gasteiger charge is -2.49. The van der Waals surface area contributed by atoms with Crippen molar-refractivity contribution < 1.29 is 19.1 Å². The SMILES string of the molecule is CC(OC(=O)C1=C(SCc2cn[nH]c2)CS[C@H]2[C@H](NC=O)C(=O)N12)(c1ccccc1)c1ccccc1. The Balaban J connectivity index is 1.51. The number of carbonyl (C=O) groups is 3. The zero-order chi connectivity index (χ0) is 25.1. The van der Waals surface area contributed by atoms with Crippen molar-refractivity contribution in [2.24, 2.45) is 0 Å². The standard InChI is InChI=1S/C26H24N4O4S2/c1-26(18-8-4-2-5-9-18,19-10-6-3-7-11-19)34-25(33)22-20(35-14-17-12-28-29-13-17)15-36-24-21(27-16-31)23(32)30(22)24/h2-13,16,21,24H,14-15H2,1H3,(H,27,31)(H,28,29)/t21-,24+/m1/s1. The van der Waals surface area contributed by atoms with Crippen molar-refractivity contribution >= 4 is 41.8 Å². The molecule has 36 heavy (non-hydrogen) atoms. The average Bonchev–Trinajstić information content (AvgIpc) is 3.44. The Kier molecular flexibility index (Phi) is 6.88. The van der Waals surface area contributed by atoms with E-state index in [-0.39, 0.29) is 17.0 Å². The van der Waals surface area contributed by atoms with Gasteiger partial charge in [-0.15, -0.1) is 23.5 Å². The Morgan fingerprint density at radius 2 is 1.89 bits per heavy atom. The number of hydrogen-bond acceptors (Lipinski definition) is 7. The van der Waals surface area contributed by atoms with Gasteiger partial charge in [0.25, 0.3) is 5.91 Å². The van der Waals surface area contributed by atoms with Crippen LogP contribution in [-0.2, 0) is 30.5 Å². The Morgan fingerprint density at radius 1 is 1.22 bits per heavy atom. The second-order valence-electron chi connectivity index (χ2n) is 8.49. The quantitative estimate of drug-likeness (QED) is 0.253. The Hall–Kier alpha value is -3.50. The van der Waals surface area contributed by atoms with Gasteiger partial charge in [-0.2, -0.15) is 5.10 Å². The molecule has 184 valence electrons. The molecule has 1 aromatic heterocycles. The van der Waals surface area contributed by atoms with Crippen LogP contribution in [-0.4, -0.2) is 50.6 Å². The van der Waals surface area contributed by atoms with Gasteiger partial charge in [0, 0.05) is 28.2 Å². The maximum absolute atomic E-state index is 13.9. The fourth-order valence-corrected chi connectivity index (χ4v) is 6.90. The molecule has 1 fully saturated rings. The van der Waals surface area contributed by atoms with Gasteiger partial charge < -0.3 is 10.1 Å². The fraction of sp³-hybridized carbons (Fsp3) is 0.231. The van der Waals surface area contributed by atoms with E-state index in [0.29, 0.717) is 17.9 Å². The summed E-state index contributed by atoms with van der Waals surface area (Å²) in [6.07, 6.45) is 4.04. The van der Waals surface area contributed by atoms with Crippen LogP contribution < -0.4 is 5.32 Å². The monoisotopic (exact) mass is 520 g/mol. The third-order valence-corrected chi connectivity index (χ3v) is 8.91. The van der Waals surface area contributed by atoms with E-state index in [1.165, 1.54) is 28.4 Å². The second-order valence-corrected chi connectivity index (χ2v) is 10.7. The van der Waals surface area contributed by atoms with Crippen molar-refractivity contribution in [3.63, 3.8) is 0 Å². The van der Waals surface area contributed by atoms with E-state index in [1.807, 2.05) is 67.6 Å². The minimum atomic E-state index is -1.08. The number of aromatic amines is 1. The van der Waals surface area contributed by atoms with Crippen LogP contribution in [0.4, 0.5) is 0 Å². The first-order chi connectivity index (χ1) is 17.5. The highest BCUT2D eigenvalue weighted by molar-refractivity contribution is 8.05. The highest BCUT2D eigenvalue weighted by atomic mass is 32.2. The summed E-state index contributed by atoms with van der Waals surface area (Å²) in [6.45, 7) is 1.86. The van der Waals surface area contributed by atoms with Crippen LogP contribution >= 0.6 is 23.5 Å². The fourth-order valence-electron chi connectivity index (χ4n) is 4.34. The van der Waals surface area contributed by atoms with Crippen LogP contribution in [0.15, 0.2) is 83.7 Å². The van der Waals surface area contributed by atoms with Crippen molar-refractivity contribution in [2.45, 2.75) is 29.7 Å². The van der Waals surface area contributed by atoms with Crippen molar-refractivity contribution in [1.82, 2.24) is 20.4 Å². The lowest BCUT2D eigenvalue weighted by Crippen LogP contribution is -2.69. The van der Waals surface area contributed by atoms with E-state index in [9.17, 15) is 14.4 Å². The van der Waals surface area contributed by atoms with Crippen molar-refractivity contribution in [3.8, 4) is 0 Å². The number of ether oxygens (including phenoxy) is 1. The van der Waals surface area contributed by atoms with E-state index < -0.39 is 17.6 Å². The van der Waals surface area contributed by atoms with Crippen LogP contribution in [0.1, 0.15) is 23.6 Å². The van der Waals surface area contributed by atoms with Gasteiger partial charge in [-0.25, -0.2) is 4.79 Å². The predicted molar refractivity (Wildman–Crippen MR) is 138 cm³/mol. The van der Waals surface area contributed by atoms with Crippen molar-refractivity contribution in [3.05, 3.63) is 100 Å². The highest BCUT2D eigenvalue weighted by Gasteiger charge is 2.54. The number of benzene rings is 2. The molecule has 0 unspecified atom stereocenters. The summed E-state index contributed by atoms with van der Waals surface area (Å²) in [5.41, 5.74) is 1.76. The molecule has 0 saturated carbocycles. The summed E-state index contributed by atoms with van der Waals surface area (Å²) < 4.78 is 6.29. The van der Waals surface area contributed by atoms with E-state index in [4.69, 9.17) is 4.74 Å². The van der Waals surface area contributed by atoms with Crippen molar-refractivity contribution in [1.29, 1.82) is 0 Å². The molecule has 0 bridgehead atoms. The number of amides is 2. The average molecular weight is 521 g/mol. The summed E-state index contributed by atoms with van der Waals surface area (Å²) in [4.78, 5) is 40.2. The maximum Gasteiger partial charge on any atom is 0.357 e. The predicted octanol–water partition coefficient (Wildman–Crippen LogP) is 3.39. The van der Waals surface area contributed by atoms with E-state index >= 15 is 0 Å². The lowest BCUT2D eigenvalue weighted by molar-refractivity contribution is -0.159. The molecule has 5 rings (SSSR count). The van der Waals surface area contributed by atoms with E-state index in [0.717, 1.165) is 21.6 Å². The number of aromatic nitrogens is 2. The van der Waals surface area contributed by atoms with Crippen LogP contribution in [0.25, 0.3) is 0 Å². The first kappa shape index (κ1) is 24.2. The first-order valence-electron chi connectivity index (χ1n) is 11.4. The summed E-state index contributed by atoms with van der Waals surface area (Å²) >= 11 is 3.00. The van der Waals surface area contributed by atoms with Crippen LogP contribution in [0, 0.1) is 0 Å². The number of H-pyrrole nitrogens is 1. The second kappa shape index (κ2) is 10.2. The maximum atomic E-state index is 13.9. The van der Waals surface area contributed by atoms with Gasteiger partial charge in [0.1, 0.15) is 17.1 Å². The molecule has 3 aromatic rings. The zero-order valence-electron chi connectivity index (χ0n) is 19.4. The molecule has 3 heterocycles. The van der Waals surface area contributed by atoms with Gasteiger partial charge in [-0.3, -0.25) is 19.6 Å². The number of esters is 1. The minimum absolute atomic E-state index is 0.235. The van der Waals surface area contributed by atoms with Gasteiger partial charge in [0.15, 0.2) is 5.60 Å². The highest BCUT2D eigenvalue weighted by Crippen LogP contribution is 2.45. The number of thioether (sulfide) groups is 2. The molecule has 1 saturated heterocycles. The molecular formula is C26H24N4O4S2. The largest absolute Gasteiger partial charge is 0.445 e. The third kappa shape index (κ3) is 4.42. The summed E-state index contributed by atoms with van der Waals surface area (Å²) in [5.74, 6) is 0.198. The molecule has 0 radical (unpaired) electrons. The molecule has 0 aliphatic carbocycles. The molecule has 0 spiro atoms. The zero-order valence-corrected chi connectivity index (χ0v) is 21.1. The van der Waals surface area contributed by atoms with Gasteiger partial charge in [-0.05, 0) is 18.1 Å². The van der Waals surface area contributed by atoms with Crippen LogP contribution in [0.5, 0.6) is 0 Å². The number of nitrogens with one attached hydrogen (secondary N) is 2. The Bertz CT molecular complexity index is 1240. The van der Waals surface area contributed by atoms with Crippen LogP contribution in [0.2, 0.25) is 0 Å². The molecule has 2 aromatic carbocycles. The Morgan fingerprint density at radius 3 is 2.47 bits per heavy atom. The van der Waals surface area contributed by atoms with E-state index in [1.54, 1.807) is 12.4 Å². The number of β-lactam (4-membered cyclic amide) rings is 1. The molecular weight excluding hydrogens is 496 g/mol. The van der Waals surface area contributed by atoms with Gasteiger partial charge >= 0.3 is 5.97 Å². The minimum Gasteiger partial charge on any atom is -0.445 e. The molecule has 2 atom stereocenters. The smallest absolute Gasteiger partial charge is 0.357 e. The summed E-state index contributed by atoms with van der Waals surface area (Å²) in [7, 11) is 0. The van der Waals surface area contributed by atoms with Gasteiger partial charge in [-0.1, -0.05) is 60.7 Å². The number of hydrogen-bond donors (Lipinski definition) is 2. The van der Waals surface area contributed by atoms with E-state index in [2.05, 4.69) is 15.5 Å². The van der Waals surface area contributed by atoms with Gasteiger partial charge in [0.05, 0.1) is 6.20 Å². The lowest BCUT2D eigenvalue weighted by atomic mass is 9.88. The first-order valence-corrected chi connectivity index (χ1v) is 13.4. The number of fused-ring (bicyclic) bond motifs is 1. The molecule has 2 aliphatic heterocycles. The number of rotatable bonds is 9. The number of nitrogens with zero attached hydrogens (tertiary/aromatic N) is 2. The molecule has 2 amide bonds. The molecule has 2 N–H and O–H groups in total. The van der Waals surface area contributed by atoms with Gasteiger partial charge in [0.2, 0.25) is 6.41 Å². The van der Waals surface area contributed by atoms with Crippen molar-refractivity contribution in [2.75, 3.05) is 5.75 Å². The topological polar surface area (TPSA) is 104 Å². The normalized spacial score (nSPS) is 19.4. The Labute approximate surface area is 216 Å². The third-order valence-electron chi connectivity index (χ3n) is 6.29. The number of carbonyl (C=O) groups excluding carboxylic acids is 3. The molecule has 8 nitrogen and oxygen atoms in total. The van der Waals surface area contributed by atoms with Crippen LogP contribution in [0.3, 0.4) is 0 Å². The molecule has 10 heteroatoms. The molecule has 2 aliphatic rings. The summed E-state index contributed by atoms with van der Waals surface area (Å²) in [5, 5.41) is 8.98. The summed E-state index contributed by atoms with van der Waals surface area (Å²) in [6, 6.07) is 18.4.